The predicted molar refractivity (Wildman–Crippen MR) is 70.5 cm³/mol. The molecule has 2 aliphatic heterocycles. The summed E-state index contributed by atoms with van der Waals surface area (Å²) < 4.78 is 6.26. The Kier molecular flexibility index (Phi) is 2.83. The van der Waals surface area contributed by atoms with Crippen LogP contribution in [0.5, 0.6) is 5.75 Å². The van der Waals surface area contributed by atoms with E-state index in [-0.39, 0.29) is 11.7 Å². The molecule has 17 heavy (non-hydrogen) atoms. The highest BCUT2D eigenvalue weighted by Crippen LogP contribution is 2.48. The van der Waals surface area contributed by atoms with Gasteiger partial charge in [-0.1, -0.05) is 18.2 Å². The molecule has 1 fully saturated rings. The van der Waals surface area contributed by atoms with Crippen LogP contribution in [0.15, 0.2) is 24.3 Å². The van der Waals surface area contributed by atoms with Crippen LogP contribution in [0, 0.1) is 0 Å². The molecule has 3 rings (SSSR count). The van der Waals surface area contributed by atoms with Gasteiger partial charge in [-0.25, -0.2) is 0 Å². The lowest BCUT2D eigenvalue weighted by Gasteiger charge is -2.46. The maximum Gasteiger partial charge on any atom is 0.126 e. The molecule has 2 aliphatic rings. The van der Waals surface area contributed by atoms with Crippen molar-refractivity contribution >= 4 is 11.8 Å². The van der Waals surface area contributed by atoms with Crippen LogP contribution in [0.3, 0.4) is 0 Å². The average Bonchev–Trinajstić information content (AvgIpc) is 2.33. The third kappa shape index (κ3) is 1.85. The summed E-state index contributed by atoms with van der Waals surface area (Å²) in [7, 11) is 0. The van der Waals surface area contributed by atoms with Gasteiger partial charge in [0.2, 0.25) is 0 Å². The van der Waals surface area contributed by atoms with Crippen molar-refractivity contribution in [2.45, 2.75) is 43.1 Å². The number of rotatable bonds is 0. The molecule has 0 bridgehead atoms. The fraction of sp³-hybridized carbons (Fsp3) is 0.571. The number of ether oxygens (including phenoxy) is 1. The van der Waals surface area contributed by atoms with Crippen LogP contribution in [-0.2, 0) is 0 Å². The largest absolute Gasteiger partial charge is 0.486 e. The van der Waals surface area contributed by atoms with Crippen LogP contribution in [0.25, 0.3) is 0 Å². The Balaban J connectivity index is 1.97. The minimum Gasteiger partial charge on any atom is -0.486 e. The van der Waals surface area contributed by atoms with Crippen molar-refractivity contribution in [3.8, 4) is 5.75 Å². The molecule has 0 aromatic heterocycles. The van der Waals surface area contributed by atoms with E-state index < -0.39 is 0 Å². The van der Waals surface area contributed by atoms with Crippen LogP contribution in [0.2, 0.25) is 0 Å². The highest BCUT2D eigenvalue weighted by Gasteiger charge is 2.46. The summed E-state index contributed by atoms with van der Waals surface area (Å²) in [5.74, 6) is 2.09. The Morgan fingerprint density at radius 1 is 1.41 bits per heavy atom. The van der Waals surface area contributed by atoms with Crippen LogP contribution in [-0.4, -0.2) is 21.7 Å². The van der Waals surface area contributed by atoms with Gasteiger partial charge in [0, 0.05) is 17.2 Å². The fourth-order valence-corrected chi connectivity index (χ4v) is 4.17. The summed E-state index contributed by atoms with van der Waals surface area (Å²) in [5.41, 5.74) is 0.789. The molecule has 1 saturated heterocycles. The molecule has 1 aromatic carbocycles. The summed E-state index contributed by atoms with van der Waals surface area (Å²) in [6.45, 7) is 2.23. The summed E-state index contributed by atoms with van der Waals surface area (Å²) in [5, 5.41) is 10.8. The van der Waals surface area contributed by atoms with Crippen molar-refractivity contribution in [2.24, 2.45) is 0 Å². The molecule has 0 aliphatic carbocycles. The number of hydrogen-bond donors (Lipinski definition) is 1. The van der Waals surface area contributed by atoms with Crippen LogP contribution in [0.4, 0.5) is 0 Å². The topological polar surface area (TPSA) is 29.5 Å². The second kappa shape index (κ2) is 4.21. The molecule has 92 valence electrons. The van der Waals surface area contributed by atoms with Crippen LogP contribution >= 0.6 is 11.8 Å². The molecule has 0 radical (unpaired) electrons. The van der Waals surface area contributed by atoms with Gasteiger partial charge in [0.1, 0.15) is 11.4 Å². The van der Waals surface area contributed by atoms with E-state index in [1.54, 1.807) is 0 Å². The van der Waals surface area contributed by atoms with Crippen molar-refractivity contribution in [2.75, 3.05) is 5.75 Å². The lowest BCUT2D eigenvalue weighted by Crippen LogP contribution is -2.50. The summed E-state index contributed by atoms with van der Waals surface area (Å²) in [4.78, 5) is 0. The van der Waals surface area contributed by atoms with Gasteiger partial charge in [0.05, 0.1) is 6.10 Å². The molecular weight excluding hydrogens is 232 g/mol. The molecule has 3 heteroatoms. The molecule has 1 N–H and O–H groups in total. The molecule has 1 aromatic rings. The lowest BCUT2D eigenvalue weighted by atomic mass is 9.83. The predicted octanol–water partition coefficient (Wildman–Crippen LogP) is 3.16. The Labute approximate surface area is 106 Å². The lowest BCUT2D eigenvalue weighted by molar-refractivity contribution is -0.0211. The van der Waals surface area contributed by atoms with Crippen LogP contribution < -0.4 is 4.74 Å². The Bertz CT molecular complexity index is 420. The fourth-order valence-electron chi connectivity index (χ4n) is 2.94. The maximum absolute atomic E-state index is 10.3. The third-order valence-corrected chi connectivity index (χ3v) is 5.44. The van der Waals surface area contributed by atoms with E-state index in [4.69, 9.17) is 4.74 Å². The van der Waals surface area contributed by atoms with E-state index in [2.05, 4.69) is 6.92 Å². The zero-order chi connectivity index (χ0) is 11.9. The van der Waals surface area contributed by atoms with E-state index in [0.29, 0.717) is 5.25 Å². The van der Waals surface area contributed by atoms with E-state index in [0.717, 1.165) is 24.2 Å². The smallest absolute Gasteiger partial charge is 0.126 e. The Hall–Kier alpha value is -0.670. The Morgan fingerprint density at radius 2 is 2.24 bits per heavy atom. The average molecular weight is 250 g/mol. The number of aliphatic hydroxyl groups is 1. The molecule has 0 saturated carbocycles. The molecular formula is C14H18O2S. The van der Waals surface area contributed by atoms with Crippen molar-refractivity contribution in [1.82, 2.24) is 0 Å². The highest BCUT2D eigenvalue weighted by atomic mass is 32.2. The SMILES string of the molecule is CC1SCCCC12C[C@@H](O)c1ccccc1O2. The zero-order valence-electron chi connectivity index (χ0n) is 10.1. The van der Waals surface area contributed by atoms with E-state index in [1.807, 2.05) is 36.0 Å². The van der Waals surface area contributed by atoms with Gasteiger partial charge in [0.25, 0.3) is 0 Å². The normalized spacial score (nSPS) is 36.4. The van der Waals surface area contributed by atoms with Crippen molar-refractivity contribution in [1.29, 1.82) is 0 Å². The zero-order valence-corrected chi connectivity index (χ0v) is 10.9. The number of fused-ring (bicyclic) bond motifs is 1. The number of para-hydroxylation sites is 1. The highest BCUT2D eigenvalue weighted by molar-refractivity contribution is 8.00. The van der Waals surface area contributed by atoms with E-state index in [1.165, 1.54) is 12.2 Å². The number of hydrogen-bond acceptors (Lipinski definition) is 3. The number of thioether (sulfide) groups is 1. The van der Waals surface area contributed by atoms with Gasteiger partial charge in [0.15, 0.2) is 0 Å². The van der Waals surface area contributed by atoms with E-state index >= 15 is 0 Å². The van der Waals surface area contributed by atoms with Gasteiger partial charge in [-0.3, -0.25) is 0 Å². The standard InChI is InChI=1S/C14H18O2S/c1-10-14(7-4-8-17-10)9-12(15)11-5-2-3-6-13(11)16-14/h2-3,5-6,10,12,15H,4,7-9H2,1H3/t10?,12-,14?/m1/s1. The molecule has 2 unspecified atom stereocenters. The number of benzene rings is 1. The summed E-state index contributed by atoms with van der Waals surface area (Å²) in [6.07, 6.45) is 2.61. The maximum atomic E-state index is 10.3. The van der Waals surface area contributed by atoms with Crippen LogP contribution in [0.1, 0.15) is 37.9 Å². The van der Waals surface area contributed by atoms with Gasteiger partial charge in [-0.15, -0.1) is 0 Å². The quantitative estimate of drug-likeness (QED) is 0.767. The first-order valence-electron chi connectivity index (χ1n) is 6.29. The van der Waals surface area contributed by atoms with Crippen molar-refractivity contribution in [3.05, 3.63) is 29.8 Å². The summed E-state index contributed by atoms with van der Waals surface area (Å²) in [6, 6.07) is 7.88. The molecule has 0 amide bonds. The van der Waals surface area contributed by atoms with Gasteiger partial charge < -0.3 is 9.84 Å². The van der Waals surface area contributed by atoms with Gasteiger partial charge >= 0.3 is 0 Å². The molecule has 2 nitrogen and oxygen atoms in total. The van der Waals surface area contributed by atoms with Gasteiger partial charge in [-0.05, 0) is 31.6 Å². The molecule has 2 heterocycles. The minimum absolute atomic E-state index is 0.156. The Morgan fingerprint density at radius 3 is 3.06 bits per heavy atom. The molecule has 3 atom stereocenters. The first-order chi connectivity index (χ1) is 8.21. The third-order valence-electron chi connectivity index (χ3n) is 3.98. The second-order valence-corrected chi connectivity index (χ2v) is 6.49. The van der Waals surface area contributed by atoms with Gasteiger partial charge in [-0.2, -0.15) is 11.8 Å². The number of aliphatic hydroxyl groups excluding tert-OH is 1. The monoisotopic (exact) mass is 250 g/mol. The van der Waals surface area contributed by atoms with E-state index in [9.17, 15) is 5.11 Å². The van der Waals surface area contributed by atoms with Crippen molar-refractivity contribution in [3.63, 3.8) is 0 Å². The second-order valence-electron chi connectivity index (χ2n) is 5.04. The first kappa shape index (κ1) is 11.4. The van der Waals surface area contributed by atoms with Crippen molar-refractivity contribution < 1.29 is 9.84 Å². The summed E-state index contributed by atoms with van der Waals surface area (Å²) >= 11 is 1.96. The molecule has 1 spiro atoms. The minimum atomic E-state index is -0.374. The first-order valence-corrected chi connectivity index (χ1v) is 7.34.